The maximum absolute atomic E-state index is 11.2. The van der Waals surface area contributed by atoms with Gasteiger partial charge in [0.25, 0.3) is 0 Å². The van der Waals surface area contributed by atoms with Crippen LogP contribution in [0.25, 0.3) is 0 Å². The van der Waals surface area contributed by atoms with E-state index in [1.54, 1.807) is 0 Å². The highest BCUT2D eigenvalue weighted by Gasteiger charge is 2.25. The van der Waals surface area contributed by atoms with Crippen LogP contribution in [0.2, 0.25) is 0 Å². The number of hydrogen-bond donors (Lipinski definition) is 1. The van der Waals surface area contributed by atoms with E-state index in [0.29, 0.717) is 12.3 Å². The highest BCUT2D eigenvalue weighted by atomic mass is 16.6. The van der Waals surface area contributed by atoms with Crippen molar-refractivity contribution < 1.29 is 14.3 Å². The van der Waals surface area contributed by atoms with Gasteiger partial charge in [0.1, 0.15) is 5.75 Å². The first-order valence-electron chi connectivity index (χ1n) is 4.38. The molecule has 2 rings (SSSR count). The maximum Gasteiger partial charge on any atom is 0.348 e. The number of esters is 1. The molecule has 74 valence electrons. The summed E-state index contributed by atoms with van der Waals surface area (Å²) >= 11 is 0. The van der Waals surface area contributed by atoms with Gasteiger partial charge in [-0.1, -0.05) is 12.1 Å². The second kappa shape index (κ2) is 3.57. The van der Waals surface area contributed by atoms with Crippen LogP contribution in [0, 0.1) is 0 Å². The van der Waals surface area contributed by atoms with Gasteiger partial charge in [-0.3, -0.25) is 0 Å². The molecule has 0 saturated heterocycles. The minimum Gasteiger partial charge on any atom is -0.475 e. The van der Waals surface area contributed by atoms with Gasteiger partial charge in [-0.15, -0.1) is 0 Å². The van der Waals surface area contributed by atoms with E-state index in [1.165, 1.54) is 7.11 Å². The third-order valence-corrected chi connectivity index (χ3v) is 2.10. The first kappa shape index (κ1) is 8.87. The van der Waals surface area contributed by atoms with Crippen molar-refractivity contribution in [2.45, 2.75) is 6.10 Å². The molecule has 0 radical (unpaired) electrons. The molecule has 1 atom stereocenters. The van der Waals surface area contributed by atoms with Crippen molar-refractivity contribution >= 4 is 11.7 Å². The zero-order valence-corrected chi connectivity index (χ0v) is 7.82. The van der Waals surface area contributed by atoms with E-state index in [4.69, 9.17) is 4.74 Å². The van der Waals surface area contributed by atoms with Gasteiger partial charge < -0.3 is 14.8 Å². The smallest absolute Gasteiger partial charge is 0.348 e. The highest BCUT2D eigenvalue weighted by Crippen LogP contribution is 2.28. The number of nitrogens with one attached hydrogen (secondary N) is 1. The number of carbonyl (C=O) groups excluding carboxylic acids is 1. The zero-order chi connectivity index (χ0) is 9.97. The van der Waals surface area contributed by atoms with Crippen molar-refractivity contribution in [1.82, 2.24) is 0 Å². The first-order chi connectivity index (χ1) is 6.81. The fraction of sp³-hybridized carbons (Fsp3) is 0.300. The molecule has 4 nitrogen and oxygen atoms in total. The van der Waals surface area contributed by atoms with E-state index in [9.17, 15) is 4.79 Å². The van der Waals surface area contributed by atoms with Gasteiger partial charge in [0.2, 0.25) is 6.10 Å². The second-order valence-electron chi connectivity index (χ2n) is 3.01. The summed E-state index contributed by atoms with van der Waals surface area (Å²) in [5, 5.41) is 3.10. The Morgan fingerprint density at radius 2 is 2.36 bits per heavy atom. The Bertz CT molecular complexity index is 351. The van der Waals surface area contributed by atoms with E-state index < -0.39 is 6.10 Å². The Hall–Kier alpha value is -1.71. The van der Waals surface area contributed by atoms with Crippen LogP contribution in [-0.2, 0) is 9.53 Å². The molecule has 0 fully saturated rings. The Morgan fingerprint density at radius 1 is 1.57 bits per heavy atom. The van der Waals surface area contributed by atoms with Gasteiger partial charge in [0.05, 0.1) is 19.3 Å². The molecule has 0 saturated carbocycles. The van der Waals surface area contributed by atoms with E-state index in [-0.39, 0.29) is 5.97 Å². The Kier molecular flexibility index (Phi) is 2.26. The van der Waals surface area contributed by atoms with Crippen molar-refractivity contribution in [2.24, 2.45) is 0 Å². The molecule has 0 aromatic heterocycles. The minimum absolute atomic E-state index is 0.355. The van der Waals surface area contributed by atoms with Crippen LogP contribution >= 0.6 is 0 Å². The summed E-state index contributed by atoms with van der Waals surface area (Å²) in [5.41, 5.74) is 0.910. The molecule has 1 aliphatic rings. The number of benzene rings is 1. The lowest BCUT2D eigenvalue weighted by Crippen LogP contribution is -2.38. The number of ether oxygens (including phenoxy) is 2. The molecule has 0 spiro atoms. The molecule has 1 heterocycles. The van der Waals surface area contributed by atoms with Gasteiger partial charge in [-0.2, -0.15) is 0 Å². The molecule has 0 aliphatic carbocycles. The predicted molar refractivity (Wildman–Crippen MR) is 51.4 cm³/mol. The second-order valence-corrected chi connectivity index (χ2v) is 3.01. The van der Waals surface area contributed by atoms with Crippen LogP contribution in [0.5, 0.6) is 5.75 Å². The number of hydrogen-bond acceptors (Lipinski definition) is 4. The molecular weight excluding hydrogens is 182 g/mol. The Balaban J connectivity index is 2.17. The summed E-state index contributed by atoms with van der Waals surface area (Å²) in [6.07, 6.45) is -0.546. The topological polar surface area (TPSA) is 47.6 Å². The lowest BCUT2D eigenvalue weighted by Gasteiger charge is -2.25. The highest BCUT2D eigenvalue weighted by molar-refractivity contribution is 5.77. The number of para-hydroxylation sites is 2. The number of rotatable bonds is 1. The molecule has 1 unspecified atom stereocenters. The van der Waals surface area contributed by atoms with Crippen LogP contribution in [0.4, 0.5) is 5.69 Å². The lowest BCUT2D eigenvalue weighted by atomic mass is 10.2. The predicted octanol–water partition coefficient (Wildman–Crippen LogP) is 1.03. The van der Waals surface area contributed by atoms with Gasteiger partial charge in [-0.05, 0) is 12.1 Å². The normalized spacial score (nSPS) is 18.8. The maximum atomic E-state index is 11.2. The van der Waals surface area contributed by atoms with E-state index in [1.807, 2.05) is 24.3 Å². The van der Waals surface area contributed by atoms with Crippen molar-refractivity contribution in [3.63, 3.8) is 0 Å². The standard InChI is InChI=1S/C10H11NO3/c1-13-10(12)9-6-11-7-4-2-3-5-8(7)14-9/h2-5,9,11H,6H2,1H3. The van der Waals surface area contributed by atoms with E-state index in [0.717, 1.165) is 5.69 Å². The monoisotopic (exact) mass is 193 g/mol. The van der Waals surface area contributed by atoms with E-state index >= 15 is 0 Å². The number of carbonyl (C=O) groups is 1. The number of anilines is 1. The summed E-state index contributed by atoms with van der Waals surface area (Å²) in [6, 6.07) is 7.49. The largest absolute Gasteiger partial charge is 0.475 e. The van der Waals surface area contributed by atoms with Crippen LogP contribution in [0.1, 0.15) is 0 Å². The van der Waals surface area contributed by atoms with Gasteiger partial charge in [0.15, 0.2) is 0 Å². The van der Waals surface area contributed by atoms with Crippen molar-refractivity contribution in [3.8, 4) is 5.75 Å². The molecule has 1 aromatic rings. The number of fused-ring (bicyclic) bond motifs is 1. The summed E-state index contributed by atoms with van der Waals surface area (Å²) < 4.78 is 10.0. The number of methoxy groups -OCH3 is 1. The first-order valence-corrected chi connectivity index (χ1v) is 4.38. The quantitative estimate of drug-likeness (QED) is 0.677. The average molecular weight is 193 g/mol. The van der Waals surface area contributed by atoms with Crippen molar-refractivity contribution in [2.75, 3.05) is 19.0 Å². The molecule has 4 heteroatoms. The Labute approximate surface area is 81.8 Å². The SMILES string of the molecule is COC(=O)C1CNc2ccccc2O1. The van der Waals surface area contributed by atoms with Crippen molar-refractivity contribution in [3.05, 3.63) is 24.3 Å². The molecule has 14 heavy (non-hydrogen) atoms. The molecule has 1 N–H and O–H groups in total. The average Bonchev–Trinajstić information content (AvgIpc) is 2.27. The molecule has 1 aliphatic heterocycles. The third kappa shape index (κ3) is 1.51. The minimum atomic E-state index is -0.546. The summed E-state index contributed by atoms with van der Waals surface area (Å²) in [5.74, 6) is 0.334. The van der Waals surface area contributed by atoms with Gasteiger partial charge in [0, 0.05) is 0 Å². The summed E-state index contributed by atoms with van der Waals surface area (Å²) in [7, 11) is 1.35. The van der Waals surface area contributed by atoms with Crippen LogP contribution in [0.15, 0.2) is 24.3 Å². The van der Waals surface area contributed by atoms with Crippen LogP contribution < -0.4 is 10.1 Å². The van der Waals surface area contributed by atoms with Gasteiger partial charge in [-0.25, -0.2) is 4.79 Å². The van der Waals surface area contributed by atoms with Crippen LogP contribution in [-0.4, -0.2) is 25.7 Å². The third-order valence-electron chi connectivity index (χ3n) is 2.10. The van der Waals surface area contributed by atoms with E-state index in [2.05, 4.69) is 10.1 Å². The summed E-state index contributed by atoms with van der Waals surface area (Å²) in [6.45, 7) is 0.448. The zero-order valence-electron chi connectivity index (χ0n) is 7.82. The Morgan fingerprint density at radius 3 is 3.14 bits per heavy atom. The molecular formula is C10H11NO3. The molecule has 0 amide bonds. The molecule has 0 bridgehead atoms. The summed E-state index contributed by atoms with van der Waals surface area (Å²) in [4.78, 5) is 11.2. The fourth-order valence-corrected chi connectivity index (χ4v) is 1.38. The lowest BCUT2D eigenvalue weighted by molar-refractivity contribution is -0.148. The van der Waals surface area contributed by atoms with Crippen LogP contribution in [0.3, 0.4) is 0 Å². The van der Waals surface area contributed by atoms with Gasteiger partial charge >= 0.3 is 5.97 Å². The van der Waals surface area contributed by atoms with Crippen molar-refractivity contribution in [1.29, 1.82) is 0 Å². The molecule has 1 aromatic carbocycles. The fourth-order valence-electron chi connectivity index (χ4n) is 1.38.